The van der Waals surface area contributed by atoms with Crippen molar-refractivity contribution in [2.75, 3.05) is 0 Å². The lowest BCUT2D eigenvalue weighted by molar-refractivity contribution is 0.613. The first kappa shape index (κ1) is 19.3. The van der Waals surface area contributed by atoms with Crippen LogP contribution in [-0.4, -0.2) is 20.4 Å². The summed E-state index contributed by atoms with van der Waals surface area (Å²) in [4.78, 5) is 18.0. The van der Waals surface area contributed by atoms with E-state index in [2.05, 4.69) is 34.9 Å². The van der Waals surface area contributed by atoms with Gasteiger partial charge in [0.15, 0.2) is 0 Å². The van der Waals surface area contributed by atoms with Gasteiger partial charge < -0.3 is 4.57 Å². The molecule has 0 aliphatic rings. The Morgan fingerprint density at radius 1 is 1.14 bits per heavy atom. The molecule has 0 spiro atoms. The molecule has 0 N–H and O–H groups in total. The molecule has 0 aliphatic heterocycles. The fourth-order valence-corrected chi connectivity index (χ4v) is 3.58. The normalized spacial score (nSPS) is 12.7. The van der Waals surface area contributed by atoms with Gasteiger partial charge in [-0.1, -0.05) is 48.0 Å². The van der Waals surface area contributed by atoms with E-state index >= 15 is 0 Å². The van der Waals surface area contributed by atoms with Crippen LogP contribution in [0.2, 0.25) is 0 Å². The summed E-state index contributed by atoms with van der Waals surface area (Å²) >= 11 is 3.44. The number of fused-ring (bicyclic) bond motifs is 1. The summed E-state index contributed by atoms with van der Waals surface area (Å²) in [5, 5.41) is 5.11. The lowest BCUT2D eigenvalue weighted by atomic mass is 10.1. The number of halogens is 1. The van der Waals surface area contributed by atoms with Crippen molar-refractivity contribution < 1.29 is 0 Å². The van der Waals surface area contributed by atoms with E-state index in [1.54, 1.807) is 12.3 Å². The van der Waals surface area contributed by atoms with Crippen LogP contribution in [0.3, 0.4) is 0 Å². The first-order valence-electron chi connectivity index (χ1n) is 9.58. The largest absolute Gasteiger partial charge is 0.316 e. The van der Waals surface area contributed by atoms with Gasteiger partial charge in [0.05, 0.1) is 22.8 Å². The SMILES string of the molecule is CC[C@H](C)c1nc2ccc(Br)cc2c(=O)n1N=Cc1cccn1-c1ccccc1. The highest BCUT2D eigenvalue weighted by Gasteiger charge is 2.15. The van der Waals surface area contributed by atoms with Crippen LogP contribution >= 0.6 is 15.9 Å². The van der Waals surface area contributed by atoms with Crippen LogP contribution in [0.1, 0.15) is 37.7 Å². The number of para-hydroxylation sites is 1. The molecular weight excluding hydrogens is 428 g/mol. The summed E-state index contributed by atoms with van der Waals surface area (Å²) in [5.41, 5.74) is 2.44. The van der Waals surface area contributed by atoms with E-state index in [1.807, 2.05) is 65.4 Å². The minimum absolute atomic E-state index is 0.105. The van der Waals surface area contributed by atoms with Crippen molar-refractivity contribution in [3.05, 3.63) is 93.2 Å². The van der Waals surface area contributed by atoms with Gasteiger partial charge in [0, 0.05) is 22.3 Å². The maximum absolute atomic E-state index is 13.2. The molecule has 6 heteroatoms. The molecular formula is C23H21BrN4O. The molecule has 2 aromatic heterocycles. The second-order valence-electron chi connectivity index (χ2n) is 6.94. The van der Waals surface area contributed by atoms with Gasteiger partial charge in [-0.15, -0.1) is 0 Å². The summed E-state index contributed by atoms with van der Waals surface area (Å²) in [6, 6.07) is 19.5. The van der Waals surface area contributed by atoms with E-state index in [-0.39, 0.29) is 11.5 Å². The predicted octanol–water partition coefficient (Wildman–Crippen LogP) is 5.35. The predicted molar refractivity (Wildman–Crippen MR) is 121 cm³/mol. The highest BCUT2D eigenvalue weighted by molar-refractivity contribution is 9.10. The van der Waals surface area contributed by atoms with Crippen molar-refractivity contribution in [2.24, 2.45) is 5.10 Å². The summed E-state index contributed by atoms with van der Waals surface area (Å²) in [5.74, 6) is 0.773. The van der Waals surface area contributed by atoms with E-state index in [4.69, 9.17) is 4.98 Å². The topological polar surface area (TPSA) is 52.2 Å². The fourth-order valence-electron chi connectivity index (χ4n) is 3.22. The maximum atomic E-state index is 13.2. The third kappa shape index (κ3) is 3.80. The lowest BCUT2D eigenvalue weighted by Gasteiger charge is -2.14. The Balaban J connectivity index is 1.85. The van der Waals surface area contributed by atoms with Crippen molar-refractivity contribution >= 4 is 33.0 Å². The molecule has 29 heavy (non-hydrogen) atoms. The van der Waals surface area contributed by atoms with Crippen LogP contribution in [0.15, 0.2) is 81.2 Å². The van der Waals surface area contributed by atoms with Crippen molar-refractivity contribution in [1.82, 2.24) is 14.2 Å². The van der Waals surface area contributed by atoms with Gasteiger partial charge in [0.25, 0.3) is 5.56 Å². The highest BCUT2D eigenvalue weighted by Crippen LogP contribution is 2.21. The van der Waals surface area contributed by atoms with Gasteiger partial charge in [0.1, 0.15) is 5.82 Å². The average Bonchev–Trinajstić information content (AvgIpc) is 3.22. The van der Waals surface area contributed by atoms with Gasteiger partial charge in [-0.2, -0.15) is 9.78 Å². The zero-order valence-corrected chi connectivity index (χ0v) is 17.9. The minimum Gasteiger partial charge on any atom is -0.316 e. The average molecular weight is 449 g/mol. The molecule has 2 heterocycles. The van der Waals surface area contributed by atoms with E-state index in [0.29, 0.717) is 16.7 Å². The zero-order chi connectivity index (χ0) is 20.4. The quantitative estimate of drug-likeness (QED) is 0.386. The number of rotatable bonds is 5. The Kier molecular flexibility index (Phi) is 5.45. The molecule has 0 saturated carbocycles. The number of hydrogen-bond acceptors (Lipinski definition) is 3. The minimum atomic E-state index is -0.166. The first-order chi connectivity index (χ1) is 14.1. The number of nitrogens with zero attached hydrogens (tertiary/aromatic N) is 4. The van der Waals surface area contributed by atoms with Gasteiger partial charge in [0.2, 0.25) is 0 Å². The Morgan fingerprint density at radius 3 is 2.69 bits per heavy atom. The van der Waals surface area contributed by atoms with E-state index in [0.717, 1.165) is 22.3 Å². The summed E-state index contributed by atoms with van der Waals surface area (Å²) in [6.07, 6.45) is 4.56. The van der Waals surface area contributed by atoms with E-state index < -0.39 is 0 Å². The monoisotopic (exact) mass is 448 g/mol. The highest BCUT2D eigenvalue weighted by atomic mass is 79.9. The molecule has 1 atom stereocenters. The van der Waals surface area contributed by atoms with E-state index in [9.17, 15) is 4.79 Å². The molecule has 4 rings (SSSR count). The summed E-state index contributed by atoms with van der Waals surface area (Å²) in [7, 11) is 0. The summed E-state index contributed by atoms with van der Waals surface area (Å²) in [6.45, 7) is 4.14. The molecule has 0 bridgehead atoms. The third-order valence-electron chi connectivity index (χ3n) is 5.01. The molecule has 0 unspecified atom stereocenters. The van der Waals surface area contributed by atoms with Crippen molar-refractivity contribution in [2.45, 2.75) is 26.2 Å². The fraction of sp³-hybridized carbons (Fsp3) is 0.174. The first-order valence-corrected chi connectivity index (χ1v) is 10.4. The van der Waals surface area contributed by atoms with Crippen LogP contribution < -0.4 is 5.56 Å². The molecule has 0 fully saturated rings. The lowest BCUT2D eigenvalue weighted by Crippen LogP contribution is -2.23. The van der Waals surface area contributed by atoms with Crippen LogP contribution in [0, 0.1) is 0 Å². The number of aromatic nitrogens is 3. The van der Waals surface area contributed by atoms with Crippen molar-refractivity contribution in [3.63, 3.8) is 0 Å². The second kappa shape index (κ2) is 8.17. The maximum Gasteiger partial charge on any atom is 0.282 e. The van der Waals surface area contributed by atoms with Crippen LogP contribution in [-0.2, 0) is 0 Å². The van der Waals surface area contributed by atoms with Crippen molar-refractivity contribution in [3.8, 4) is 5.69 Å². The Bertz CT molecular complexity index is 1240. The molecule has 0 radical (unpaired) electrons. The van der Waals surface area contributed by atoms with Crippen LogP contribution in [0.4, 0.5) is 0 Å². The Labute approximate surface area is 177 Å². The molecule has 0 aliphatic carbocycles. The van der Waals surface area contributed by atoms with Crippen LogP contribution in [0.5, 0.6) is 0 Å². The van der Waals surface area contributed by atoms with Gasteiger partial charge in [-0.3, -0.25) is 4.79 Å². The molecule has 0 saturated heterocycles. The molecule has 4 aromatic rings. The third-order valence-corrected chi connectivity index (χ3v) is 5.50. The number of benzene rings is 2. The summed E-state index contributed by atoms with van der Waals surface area (Å²) < 4.78 is 4.31. The molecule has 146 valence electrons. The van der Waals surface area contributed by atoms with Crippen molar-refractivity contribution in [1.29, 1.82) is 0 Å². The van der Waals surface area contributed by atoms with E-state index in [1.165, 1.54) is 4.68 Å². The Morgan fingerprint density at radius 2 is 1.93 bits per heavy atom. The molecule has 0 amide bonds. The number of hydrogen-bond donors (Lipinski definition) is 0. The zero-order valence-electron chi connectivity index (χ0n) is 16.3. The molecule has 2 aromatic carbocycles. The van der Waals surface area contributed by atoms with Gasteiger partial charge in [-0.05, 0) is 48.9 Å². The van der Waals surface area contributed by atoms with Gasteiger partial charge in [-0.25, -0.2) is 4.98 Å². The van der Waals surface area contributed by atoms with Gasteiger partial charge >= 0.3 is 0 Å². The Hall–Kier alpha value is -2.99. The van der Waals surface area contributed by atoms with Crippen LogP contribution in [0.25, 0.3) is 16.6 Å². The standard InChI is InChI=1S/C23H21BrN4O/c1-3-16(2)22-26-21-12-11-17(24)14-20(21)23(29)28(22)25-15-19-10-7-13-27(19)18-8-5-4-6-9-18/h4-16H,3H2,1-2H3/t16-/m0/s1. The smallest absolute Gasteiger partial charge is 0.282 e. The second-order valence-corrected chi connectivity index (χ2v) is 7.86. The molecule has 5 nitrogen and oxygen atoms in total.